The second-order valence-electron chi connectivity index (χ2n) is 7.85. The molecule has 5 heteroatoms. The molecule has 3 aromatic rings. The number of amides is 1. The van der Waals surface area contributed by atoms with Gasteiger partial charge in [0.1, 0.15) is 5.69 Å². The van der Waals surface area contributed by atoms with Gasteiger partial charge in [-0.1, -0.05) is 43.3 Å². The first-order valence-electron chi connectivity index (χ1n) is 10.3. The largest absolute Gasteiger partial charge is 0.365 e. The summed E-state index contributed by atoms with van der Waals surface area (Å²) in [5, 5.41) is 7.31. The molecule has 1 saturated heterocycles. The van der Waals surface area contributed by atoms with Crippen LogP contribution in [-0.4, -0.2) is 46.7 Å². The minimum absolute atomic E-state index is 0.0182. The van der Waals surface area contributed by atoms with E-state index in [1.165, 1.54) is 16.8 Å². The average molecular weight is 389 g/mol. The molecule has 1 aliphatic heterocycles. The number of nitrogens with zero attached hydrogens (tertiary/aromatic N) is 3. The van der Waals surface area contributed by atoms with Gasteiger partial charge in [-0.2, -0.15) is 5.10 Å². The molecule has 0 aliphatic carbocycles. The van der Waals surface area contributed by atoms with Crippen LogP contribution < -0.4 is 4.90 Å². The highest BCUT2D eigenvalue weighted by Crippen LogP contribution is 2.23. The highest BCUT2D eigenvalue weighted by Gasteiger charge is 2.28. The maximum atomic E-state index is 13.0. The van der Waals surface area contributed by atoms with Crippen LogP contribution in [0.3, 0.4) is 0 Å². The fraction of sp³-hybridized carbons (Fsp3) is 0.333. The van der Waals surface area contributed by atoms with E-state index in [1.54, 1.807) is 0 Å². The number of piperazine rings is 1. The summed E-state index contributed by atoms with van der Waals surface area (Å²) in [7, 11) is 0. The van der Waals surface area contributed by atoms with E-state index < -0.39 is 0 Å². The molecule has 1 unspecified atom stereocenters. The summed E-state index contributed by atoms with van der Waals surface area (Å²) in [6, 6.07) is 19.0. The lowest BCUT2D eigenvalue weighted by Crippen LogP contribution is -2.53. The first kappa shape index (κ1) is 19.2. The van der Waals surface area contributed by atoms with Gasteiger partial charge < -0.3 is 9.80 Å². The van der Waals surface area contributed by atoms with Crippen LogP contribution in [0.25, 0.3) is 11.3 Å². The Labute approximate surface area is 172 Å². The maximum absolute atomic E-state index is 13.0. The highest BCUT2D eigenvalue weighted by molar-refractivity contribution is 5.93. The third-order valence-corrected chi connectivity index (χ3v) is 5.71. The molecule has 0 saturated carbocycles. The van der Waals surface area contributed by atoms with Crippen LogP contribution in [0.2, 0.25) is 0 Å². The fourth-order valence-electron chi connectivity index (χ4n) is 3.99. The average Bonchev–Trinajstić information content (AvgIpc) is 3.23. The van der Waals surface area contributed by atoms with Gasteiger partial charge >= 0.3 is 0 Å². The van der Waals surface area contributed by atoms with Gasteiger partial charge in [0.2, 0.25) is 0 Å². The monoisotopic (exact) mass is 388 g/mol. The van der Waals surface area contributed by atoms with E-state index in [0.29, 0.717) is 18.8 Å². The van der Waals surface area contributed by atoms with Crippen LogP contribution >= 0.6 is 0 Å². The second kappa shape index (κ2) is 8.11. The van der Waals surface area contributed by atoms with E-state index in [-0.39, 0.29) is 11.9 Å². The number of aromatic amines is 1. The van der Waals surface area contributed by atoms with Crippen molar-refractivity contribution < 1.29 is 4.79 Å². The molecule has 1 N–H and O–H groups in total. The lowest BCUT2D eigenvalue weighted by molar-refractivity contribution is 0.0720. The predicted octanol–water partition coefficient (Wildman–Crippen LogP) is 4.30. The lowest BCUT2D eigenvalue weighted by Gasteiger charge is -2.41. The molecular weight excluding hydrogens is 360 g/mol. The summed E-state index contributed by atoms with van der Waals surface area (Å²) in [4.78, 5) is 17.3. The summed E-state index contributed by atoms with van der Waals surface area (Å²) in [5.74, 6) is 0.0182. The normalized spacial score (nSPS) is 16.9. The van der Waals surface area contributed by atoms with Crippen molar-refractivity contribution >= 4 is 11.6 Å². The lowest BCUT2D eigenvalue weighted by atomic mass is 10.1. The smallest absolute Gasteiger partial charge is 0.272 e. The molecule has 2 aromatic carbocycles. The zero-order valence-corrected chi connectivity index (χ0v) is 17.4. The first-order chi connectivity index (χ1) is 14.0. The van der Waals surface area contributed by atoms with Crippen molar-refractivity contribution in [3.63, 3.8) is 0 Å². The third-order valence-electron chi connectivity index (χ3n) is 5.71. The van der Waals surface area contributed by atoms with Gasteiger partial charge in [-0.05, 0) is 49.6 Å². The van der Waals surface area contributed by atoms with E-state index in [0.717, 1.165) is 24.2 Å². The van der Waals surface area contributed by atoms with Gasteiger partial charge in [0.25, 0.3) is 5.91 Å². The summed E-state index contributed by atoms with van der Waals surface area (Å²) in [5.41, 5.74) is 6.16. The molecule has 1 aromatic heterocycles. The summed E-state index contributed by atoms with van der Waals surface area (Å²) < 4.78 is 0. The maximum Gasteiger partial charge on any atom is 0.272 e. The number of anilines is 1. The van der Waals surface area contributed by atoms with Crippen molar-refractivity contribution in [2.24, 2.45) is 0 Å². The number of rotatable bonds is 4. The second-order valence-corrected chi connectivity index (χ2v) is 7.85. The molecule has 5 nitrogen and oxygen atoms in total. The van der Waals surface area contributed by atoms with Crippen LogP contribution in [0.5, 0.6) is 0 Å². The highest BCUT2D eigenvalue weighted by atomic mass is 16.2. The molecule has 0 radical (unpaired) electrons. The van der Waals surface area contributed by atoms with Crippen LogP contribution in [0.4, 0.5) is 5.69 Å². The molecule has 1 amide bonds. The minimum Gasteiger partial charge on any atom is -0.365 e. The quantitative estimate of drug-likeness (QED) is 0.725. The molecule has 1 aliphatic rings. The zero-order valence-electron chi connectivity index (χ0n) is 17.4. The van der Waals surface area contributed by atoms with Gasteiger partial charge in [-0.15, -0.1) is 0 Å². The Morgan fingerprint density at radius 3 is 2.62 bits per heavy atom. The van der Waals surface area contributed by atoms with Crippen LogP contribution in [0.1, 0.15) is 35.5 Å². The van der Waals surface area contributed by atoms with Crippen molar-refractivity contribution in [1.29, 1.82) is 0 Å². The first-order valence-corrected chi connectivity index (χ1v) is 10.3. The number of benzene rings is 2. The van der Waals surface area contributed by atoms with Crippen molar-refractivity contribution in [1.82, 2.24) is 15.1 Å². The van der Waals surface area contributed by atoms with E-state index >= 15 is 0 Å². The summed E-state index contributed by atoms with van der Waals surface area (Å²) in [6.45, 7) is 8.66. The topological polar surface area (TPSA) is 52.2 Å². The summed E-state index contributed by atoms with van der Waals surface area (Å²) >= 11 is 0. The molecular formula is C24H28N4O. The van der Waals surface area contributed by atoms with E-state index in [2.05, 4.69) is 84.4 Å². The Bertz CT molecular complexity index is 992. The van der Waals surface area contributed by atoms with E-state index in [1.807, 2.05) is 11.0 Å². The summed E-state index contributed by atoms with van der Waals surface area (Å²) in [6.07, 6.45) is 1.01. The minimum atomic E-state index is 0.0182. The number of H-pyrrole nitrogens is 1. The van der Waals surface area contributed by atoms with Gasteiger partial charge in [-0.3, -0.25) is 9.89 Å². The van der Waals surface area contributed by atoms with E-state index in [4.69, 9.17) is 0 Å². The number of hydrogen-bond donors (Lipinski definition) is 1. The Hall–Kier alpha value is -3.08. The van der Waals surface area contributed by atoms with Crippen LogP contribution in [0, 0.1) is 6.92 Å². The zero-order chi connectivity index (χ0) is 20.4. The molecule has 1 fully saturated rings. The molecule has 4 rings (SSSR count). The number of hydrogen-bond acceptors (Lipinski definition) is 3. The molecule has 1 atom stereocenters. The van der Waals surface area contributed by atoms with Crippen LogP contribution in [-0.2, 0) is 6.42 Å². The van der Waals surface area contributed by atoms with E-state index in [9.17, 15) is 4.79 Å². The Morgan fingerprint density at radius 2 is 1.93 bits per heavy atom. The van der Waals surface area contributed by atoms with Crippen molar-refractivity contribution in [3.05, 3.63) is 71.4 Å². The third kappa shape index (κ3) is 4.04. The number of nitrogens with one attached hydrogen (secondary N) is 1. The molecule has 0 spiro atoms. The van der Waals surface area contributed by atoms with Gasteiger partial charge in [0.15, 0.2) is 0 Å². The molecule has 29 heavy (non-hydrogen) atoms. The number of aromatic nitrogens is 2. The SMILES string of the molecule is CCc1ccc(-c2cc(C(=O)N3CCN(c4cccc(C)c4)C(C)C3)[nH]n2)cc1. The predicted molar refractivity (Wildman–Crippen MR) is 117 cm³/mol. The number of carbonyl (C=O) groups excluding carboxylic acids is 1. The van der Waals surface area contributed by atoms with Crippen molar-refractivity contribution in [2.75, 3.05) is 24.5 Å². The molecule has 2 heterocycles. The van der Waals surface area contributed by atoms with Gasteiger partial charge in [-0.25, -0.2) is 0 Å². The number of aryl methyl sites for hydroxylation is 2. The molecule has 0 bridgehead atoms. The fourth-order valence-corrected chi connectivity index (χ4v) is 3.99. The Morgan fingerprint density at radius 1 is 1.14 bits per heavy atom. The standard InChI is InChI=1S/C24H28N4O/c1-4-19-8-10-20(11-9-19)22-15-23(26-25-22)24(29)27-12-13-28(18(3)16-27)21-7-5-6-17(2)14-21/h5-11,14-15,18H,4,12-13,16H2,1-3H3,(H,25,26). The van der Waals surface area contributed by atoms with Crippen molar-refractivity contribution in [3.8, 4) is 11.3 Å². The number of carbonyl (C=O) groups is 1. The van der Waals surface area contributed by atoms with Gasteiger partial charge in [0, 0.05) is 36.9 Å². The van der Waals surface area contributed by atoms with Crippen molar-refractivity contribution in [2.45, 2.75) is 33.2 Å². The Balaban J connectivity index is 1.45. The van der Waals surface area contributed by atoms with Crippen LogP contribution in [0.15, 0.2) is 54.6 Å². The van der Waals surface area contributed by atoms with Gasteiger partial charge in [0.05, 0.1) is 5.69 Å². The molecule has 150 valence electrons. The Kier molecular flexibility index (Phi) is 5.38.